The van der Waals surface area contributed by atoms with Crippen molar-refractivity contribution in [1.29, 1.82) is 0 Å². The predicted molar refractivity (Wildman–Crippen MR) is 62.5 cm³/mol. The van der Waals surface area contributed by atoms with Crippen molar-refractivity contribution < 1.29 is 0 Å². The Labute approximate surface area is 87.7 Å². The summed E-state index contributed by atoms with van der Waals surface area (Å²) in [4.78, 5) is 2.25. The number of nitrogens with zero attached hydrogens (tertiary/aromatic N) is 1. The Morgan fingerprint density at radius 3 is 2.14 bits per heavy atom. The standard InChI is InChI=1S/C13H21N/c1-13(2,11-14(3)4)10-12-8-6-5-7-9-12/h5-9H,10-11H2,1-4H3. The summed E-state index contributed by atoms with van der Waals surface area (Å²) in [6.45, 7) is 5.77. The van der Waals surface area contributed by atoms with Crippen LogP contribution in [0.3, 0.4) is 0 Å². The average Bonchev–Trinajstić information content (AvgIpc) is 2.02. The lowest BCUT2D eigenvalue weighted by molar-refractivity contribution is 0.239. The highest BCUT2D eigenvalue weighted by atomic mass is 15.1. The largest absolute Gasteiger partial charge is 0.309 e. The van der Waals surface area contributed by atoms with Crippen molar-refractivity contribution in [3.05, 3.63) is 35.9 Å². The van der Waals surface area contributed by atoms with Crippen LogP contribution >= 0.6 is 0 Å². The molecule has 0 amide bonds. The van der Waals surface area contributed by atoms with Crippen LogP contribution in [-0.2, 0) is 6.42 Å². The van der Waals surface area contributed by atoms with Gasteiger partial charge in [0, 0.05) is 6.54 Å². The summed E-state index contributed by atoms with van der Waals surface area (Å²) >= 11 is 0. The van der Waals surface area contributed by atoms with E-state index in [-0.39, 0.29) is 0 Å². The topological polar surface area (TPSA) is 3.24 Å². The van der Waals surface area contributed by atoms with Crippen molar-refractivity contribution in [3.63, 3.8) is 0 Å². The minimum absolute atomic E-state index is 0.352. The quantitative estimate of drug-likeness (QED) is 0.707. The molecule has 1 aromatic carbocycles. The van der Waals surface area contributed by atoms with Crippen LogP contribution in [0.1, 0.15) is 19.4 Å². The highest BCUT2D eigenvalue weighted by Gasteiger charge is 2.18. The van der Waals surface area contributed by atoms with Gasteiger partial charge in [0.2, 0.25) is 0 Å². The summed E-state index contributed by atoms with van der Waals surface area (Å²) < 4.78 is 0. The smallest absolute Gasteiger partial charge is 0.00298 e. The molecule has 0 aliphatic rings. The predicted octanol–water partition coefficient (Wildman–Crippen LogP) is 2.82. The molecule has 1 nitrogen and oxygen atoms in total. The molecule has 1 heteroatoms. The van der Waals surface area contributed by atoms with Gasteiger partial charge < -0.3 is 4.90 Å². The molecular weight excluding hydrogens is 170 g/mol. The molecule has 0 aliphatic carbocycles. The number of rotatable bonds is 4. The lowest BCUT2D eigenvalue weighted by atomic mass is 9.85. The number of hydrogen-bond acceptors (Lipinski definition) is 1. The van der Waals surface area contributed by atoms with Crippen LogP contribution in [0.4, 0.5) is 0 Å². The third kappa shape index (κ3) is 3.93. The van der Waals surface area contributed by atoms with Crippen LogP contribution < -0.4 is 0 Å². The van der Waals surface area contributed by atoms with E-state index in [1.165, 1.54) is 5.56 Å². The Balaban J connectivity index is 2.59. The van der Waals surface area contributed by atoms with E-state index in [1.54, 1.807) is 0 Å². The first-order valence-corrected chi connectivity index (χ1v) is 5.18. The molecule has 1 aromatic rings. The summed E-state index contributed by atoms with van der Waals surface area (Å²) in [5, 5.41) is 0. The monoisotopic (exact) mass is 191 g/mol. The second-order valence-electron chi connectivity index (χ2n) is 5.06. The SMILES string of the molecule is CN(C)CC(C)(C)Cc1ccccc1. The van der Waals surface area contributed by atoms with Gasteiger partial charge in [0.1, 0.15) is 0 Å². The maximum Gasteiger partial charge on any atom is 0.00298 e. The highest BCUT2D eigenvalue weighted by molar-refractivity contribution is 5.16. The lowest BCUT2D eigenvalue weighted by Gasteiger charge is -2.28. The second kappa shape index (κ2) is 4.61. The van der Waals surface area contributed by atoms with E-state index in [9.17, 15) is 0 Å². The van der Waals surface area contributed by atoms with Gasteiger partial charge >= 0.3 is 0 Å². The van der Waals surface area contributed by atoms with E-state index >= 15 is 0 Å². The van der Waals surface area contributed by atoms with Gasteiger partial charge in [-0.15, -0.1) is 0 Å². The highest BCUT2D eigenvalue weighted by Crippen LogP contribution is 2.22. The van der Waals surface area contributed by atoms with Crippen LogP contribution in [-0.4, -0.2) is 25.5 Å². The zero-order valence-electron chi connectivity index (χ0n) is 9.75. The summed E-state index contributed by atoms with van der Waals surface area (Å²) in [5.74, 6) is 0. The molecule has 14 heavy (non-hydrogen) atoms. The molecule has 0 aliphatic heterocycles. The zero-order valence-corrected chi connectivity index (χ0v) is 9.75. The van der Waals surface area contributed by atoms with Gasteiger partial charge in [-0.3, -0.25) is 0 Å². The fourth-order valence-electron chi connectivity index (χ4n) is 2.06. The Bertz CT molecular complexity index is 262. The molecule has 0 unspecified atom stereocenters. The molecule has 78 valence electrons. The summed E-state index contributed by atoms with van der Waals surface area (Å²) in [7, 11) is 4.26. The second-order valence-corrected chi connectivity index (χ2v) is 5.06. The normalized spacial score (nSPS) is 12.1. The molecule has 1 rings (SSSR count). The van der Waals surface area contributed by atoms with E-state index in [1.807, 2.05) is 0 Å². The van der Waals surface area contributed by atoms with E-state index in [0.29, 0.717) is 5.41 Å². The maximum atomic E-state index is 2.32. The van der Waals surface area contributed by atoms with Gasteiger partial charge in [-0.1, -0.05) is 44.2 Å². The van der Waals surface area contributed by atoms with Crippen molar-refractivity contribution in [2.75, 3.05) is 20.6 Å². The molecular formula is C13H21N. The Morgan fingerprint density at radius 1 is 1.07 bits per heavy atom. The first-order valence-electron chi connectivity index (χ1n) is 5.18. The van der Waals surface area contributed by atoms with Crippen molar-refractivity contribution in [2.45, 2.75) is 20.3 Å². The van der Waals surface area contributed by atoms with Gasteiger partial charge in [0.25, 0.3) is 0 Å². The van der Waals surface area contributed by atoms with Crippen LogP contribution in [0.2, 0.25) is 0 Å². The molecule has 0 spiro atoms. The van der Waals surface area contributed by atoms with E-state index < -0.39 is 0 Å². The number of benzene rings is 1. The van der Waals surface area contributed by atoms with Crippen LogP contribution in [0.25, 0.3) is 0 Å². The fraction of sp³-hybridized carbons (Fsp3) is 0.538. The first-order chi connectivity index (χ1) is 6.49. The summed E-state index contributed by atoms with van der Waals surface area (Å²) in [6.07, 6.45) is 1.14. The molecule has 0 saturated heterocycles. The minimum atomic E-state index is 0.352. The fourth-order valence-corrected chi connectivity index (χ4v) is 2.06. The van der Waals surface area contributed by atoms with E-state index in [2.05, 4.69) is 63.2 Å². The van der Waals surface area contributed by atoms with Gasteiger partial charge in [-0.2, -0.15) is 0 Å². The van der Waals surface area contributed by atoms with Crippen LogP contribution in [0.15, 0.2) is 30.3 Å². The Morgan fingerprint density at radius 2 is 1.64 bits per heavy atom. The lowest BCUT2D eigenvalue weighted by Crippen LogP contribution is -2.30. The van der Waals surface area contributed by atoms with Crippen molar-refractivity contribution in [2.24, 2.45) is 5.41 Å². The summed E-state index contributed by atoms with van der Waals surface area (Å²) in [6, 6.07) is 10.7. The van der Waals surface area contributed by atoms with Crippen LogP contribution in [0, 0.1) is 5.41 Å². The molecule has 0 radical (unpaired) electrons. The molecule has 0 N–H and O–H groups in total. The van der Waals surface area contributed by atoms with E-state index in [0.717, 1.165) is 13.0 Å². The first kappa shape index (κ1) is 11.3. The minimum Gasteiger partial charge on any atom is -0.309 e. The summed E-state index contributed by atoms with van der Waals surface area (Å²) in [5.41, 5.74) is 1.78. The van der Waals surface area contributed by atoms with Crippen molar-refractivity contribution >= 4 is 0 Å². The van der Waals surface area contributed by atoms with Crippen molar-refractivity contribution in [1.82, 2.24) is 4.90 Å². The van der Waals surface area contributed by atoms with Crippen LogP contribution in [0.5, 0.6) is 0 Å². The van der Waals surface area contributed by atoms with E-state index in [4.69, 9.17) is 0 Å². The molecule has 0 atom stereocenters. The molecule has 0 aromatic heterocycles. The average molecular weight is 191 g/mol. The van der Waals surface area contributed by atoms with Gasteiger partial charge in [-0.05, 0) is 31.5 Å². The third-order valence-electron chi connectivity index (χ3n) is 2.27. The molecule has 0 fully saturated rings. The number of hydrogen-bond donors (Lipinski definition) is 0. The maximum absolute atomic E-state index is 2.32. The Kier molecular flexibility index (Phi) is 3.70. The molecule has 0 saturated carbocycles. The van der Waals surface area contributed by atoms with Crippen molar-refractivity contribution in [3.8, 4) is 0 Å². The van der Waals surface area contributed by atoms with Gasteiger partial charge in [-0.25, -0.2) is 0 Å². The van der Waals surface area contributed by atoms with Gasteiger partial charge in [0.05, 0.1) is 0 Å². The third-order valence-corrected chi connectivity index (χ3v) is 2.27. The molecule has 0 bridgehead atoms. The zero-order chi connectivity index (χ0) is 10.6. The Hall–Kier alpha value is -0.820. The molecule has 0 heterocycles. The van der Waals surface area contributed by atoms with Gasteiger partial charge in [0.15, 0.2) is 0 Å².